The Labute approximate surface area is 112 Å². The quantitative estimate of drug-likeness (QED) is 0.636. The van der Waals surface area contributed by atoms with Crippen molar-refractivity contribution in [1.29, 1.82) is 0 Å². The summed E-state index contributed by atoms with van der Waals surface area (Å²) in [5.41, 5.74) is 2.97. The molecule has 1 aromatic heterocycles. The van der Waals surface area contributed by atoms with E-state index < -0.39 is 0 Å². The van der Waals surface area contributed by atoms with Crippen LogP contribution in [0.3, 0.4) is 0 Å². The van der Waals surface area contributed by atoms with Crippen LogP contribution in [-0.4, -0.2) is 40.4 Å². The van der Waals surface area contributed by atoms with Crippen LogP contribution < -0.4 is 11.3 Å². The summed E-state index contributed by atoms with van der Waals surface area (Å²) in [7, 11) is 0. The van der Waals surface area contributed by atoms with E-state index >= 15 is 0 Å². The SMILES string of the molecule is NNc1ncc(Br)cc1C(=O)N1CCSCC1. The zero-order chi connectivity index (χ0) is 12.3. The van der Waals surface area contributed by atoms with Crippen LogP contribution in [0.15, 0.2) is 16.7 Å². The smallest absolute Gasteiger partial charge is 0.257 e. The van der Waals surface area contributed by atoms with Gasteiger partial charge in [-0.2, -0.15) is 11.8 Å². The third-order valence-electron chi connectivity index (χ3n) is 2.52. The second-order valence-corrected chi connectivity index (χ2v) is 5.74. The van der Waals surface area contributed by atoms with Gasteiger partial charge in [-0.25, -0.2) is 10.8 Å². The number of hydrogen-bond donors (Lipinski definition) is 2. The highest BCUT2D eigenvalue weighted by Crippen LogP contribution is 2.20. The van der Waals surface area contributed by atoms with E-state index in [2.05, 4.69) is 26.3 Å². The molecule has 2 heterocycles. The third-order valence-corrected chi connectivity index (χ3v) is 3.90. The lowest BCUT2D eigenvalue weighted by Crippen LogP contribution is -2.38. The van der Waals surface area contributed by atoms with Crippen LogP contribution in [0.5, 0.6) is 0 Å². The summed E-state index contributed by atoms with van der Waals surface area (Å²) in [5.74, 6) is 7.73. The number of carbonyl (C=O) groups excluding carboxylic acids is 1. The van der Waals surface area contributed by atoms with Crippen molar-refractivity contribution in [3.8, 4) is 0 Å². The molecule has 1 amide bonds. The van der Waals surface area contributed by atoms with Crippen molar-refractivity contribution < 1.29 is 4.79 Å². The molecule has 0 unspecified atom stereocenters. The van der Waals surface area contributed by atoms with Crippen LogP contribution in [0.2, 0.25) is 0 Å². The van der Waals surface area contributed by atoms with E-state index in [9.17, 15) is 4.79 Å². The highest BCUT2D eigenvalue weighted by Gasteiger charge is 2.21. The van der Waals surface area contributed by atoms with Gasteiger partial charge in [-0.05, 0) is 22.0 Å². The van der Waals surface area contributed by atoms with E-state index in [0.717, 1.165) is 29.1 Å². The zero-order valence-electron chi connectivity index (χ0n) is 9.15. The number of nitrogens with two attached hydrogens (primary N) is 1. The summed E-state index contributed by atoms with van der Waals surface area (Å²) in [6, 6.07) is 1.74. The Bertz CT molecular complexity index is 423. The molecule has 7 heteroatoms. The van der Waals surface area contributed by atoms with Gasteiger partial charge in [0.2, 0.25) is 0 Å². The van der Waals surface area contributed by atoms with Gasteiger partial charge >= 0.3 is 0 Å². The van der Waals surface area contributed by atoms with E-state index in [1.807, 2.05) is 16.7 Å². The van der Waals surface area contributed by atoms with Gasteiger partial charge in [-0.15, -0.1) is 0 Å². The van der Waals surface area contributed by atoms with Gasteiger partial charge in [-0.1, -0.05) is 0 Å². The second-order valence-electron chi connectivity index (χ2n) is 3.60. The van der Waals surface area contributed by atoms with Crippen molar-refractivity contribution >= 4 is 39.4 Å². The van der Waals surface area contributed by atoms with Crippen molar-refractivity contribution in [2.24, 2.45) is 5.84 Å². The molecule has 0 saturated carbocycles. The Balaban J connectivity index is 2.25. The van der Waals surface area contributed by atoms with E-state index in [-0.39, 0.29) is 5.91 Å². The number of thioether (sulfide) groups is 1. The van der Waals surface area contributed by atoms with Crippen LogP contribution in [-0.2, 0) is 0 Å². The number of halogens is 1. The number of rotatable bonds is 2. The number of nitrogen functional groups attached to an aromatic ring is 1. The number of pyridine rings is 1. The molecule has 0 aliphatic carbocycles. The third kappa shape index (κ3) is 2.91. The molecule has 17 heavy (non-hydrogen) atoms. The van der Waals surface area contributed by atoms with Crippen molar-refractivity contribution in [3.63, 3.8) is 0 Å². The Hall–Kier alpha value is -0.790. The summed E-state index contributed by atoms with van der Waals surface area (Å²) in [5, 5.41) is 0. The van der Waals surface area contributed by atoms with Gasteiger partial charge < -0.3 is 10.3 Å². The zero-order valence-corrected chi connectivity index (χ0v) is 11.6. The maximum Gasteiger partial charge on any atom is 0.257 e. The average molecular weight is 317 g/mol. The summed E-state index contributed by atoms with van der Waals surface area (Å²) in [6.45, 7) is 1.56. The van der Waals surface area contributed by atoms with Crippen LogP contribution in [0.4, 0.5) is 5.82 Å². The molecule has 0 aromatic carbocycles. The minimum atomic E-state index is -0.0212. The number of carbonyl (C=O) groups is 1. The number of amides is 1. The van der Waals surface area contributed by atoms with Crippen LogP contribution in [0.1, 0.15) is 10.4 Å². The molecule has 2 rings (SSSR count). The van der Waals surface area contributed by atoms with E-state index in [4.69, 9.17) is 5.84 Å². The number of hydrazine groups is 1. The van der Waals surface area contributed by atoms with Gasteiger partial charge in [0, 0.05) is 35.3 Å². The number of nitrogens with one attached hydrogen (secondary N) is 1. The fourth-order valence-corrected chi connectivity index (χ4v) is 2.89. The number of nitrogens with zero attached hydrogens (tertiary/aromatic N) is 2. The standard InChI is InChI=1S/C10H13BrN4OS/c11-7-5-8(9(14-12)13-6-7)10(16)15-1-3-17-4-2-15/h5-6H,1-4,12H2,(H,13,14). The highest BCUT2D eigenvalue weighted by molar-refractivity contribution is 9.10. The topological polar surface area (TPSA) is 71.2 Å². The first-order chi connectivity index (χ1) is 8.22. The number of anilines is 1. The molecule has 0 bridgehead atoms. The predicted octanol–water partition coefficient (Wildman–Crippen LogP) is 1.32. The van der Waals surface area contributed by atoms with E-state index in [1.165, 1.54) is 0 Å². The Kier molecular flexibility index (Phi) is 4.25. The monoisotopic (exact) mass is 316 g/mol. The van der Waals surface area contributed by atoms with E-state index in [0.29, 0.717) is 11.4 Å². The Morgan fingerprint density at radius 1 is 1.53 bits per heavy atom. The molecular weight excluding hydrogens is 304 g/mol. The van der Waals surface area contributed by atoms with Crippen molar-refractivity contribution in [2.75, 3.05) is 30.0 Å². The van der Waals surface area contributed by atoms with Gasteiger partial charge in [-0.3, -0.25) is 4.79 Å². The molecule has 92 valence electrons. The minimum absolute atomic E-state index is 0.0212. The summed E-state index contributed by atoms with van der Waals surface area (Å²) >= 11 is 5.18. The average Bonchev–Trinajstić information content (AvgIpc) is 2.39. The first-order valence-corrected chi connectivity index (χ1v) is 7.16. The van der Waals surface area contributed by atoms with Crippen molar-refractivity contribution in [2.45, 2.75) is 0 Å². The fourth-order valence-electron chi connectivity index (χ4n) is 1.65. The molecule has 1 aliphatic heterocycles. The van der Waals surface area contributed by atoms with Crippen LogP contribution >= 0.6 is 27.7 Å². The molecule has 0 spiro atoms. The molecule has 5 nitrogen and oxygen atoms in total. The second kappa shape index (κ2) is 5.70. The lowest BCUT2D eigenvalue weighted by atomic mass is 10.2. The van der Waals surface area contributed by atoms with Gasteiger partial charge in [0.15, 0.2) is 5.82 Å². The highest BCUT2D eigenvalue weighted by atomic mass is 79.9. The minimum Gasteiger partial charge on any atom is -0.337 e. The Morgan fingerprint density at radius 2 is 2.24 bits per heavy atom. The number of aromatic nitrogens is 1. The molecule has 1 aromatic rings. The van der Waals surface area contributed by atoms with Gasteiger partial charge in [0.05, 0.1) is 5.56 Å². The predicted molar refractivity (Wildman–Crippen MR) is 73.0 cm³/mol. The maximum absolute atomic E-state index is 12.3. The Morgan fingerprint density at radius 3 is 2.88 bits per heavy atom. The molecule has 1 fully saturated rings. The molecule has 1 saturated heterocycles. The molecule has 0 atom stereocenters. The molecular formula is C10H13BrN4OS. The van der Waals surface area contributed by atoms with Crippen molar-refractivity contribution in [1.82, 2.24) is 9.88 Å². The van der Waals surface area contributed by atoms with Crippen molar-refractivity contribution in [3.05, 3.63) is 22.3 Å². The van der Waals surface area contributed by atoms with E-state index in [1.54, 1.807) is 12.3 Å². The normalized spacial score (nSPS) is 15.8. The number of hydrogen-bond acceptors (Lipinski definition) is 5. The first-order valence-electron chi connectivity index (χ1n) is 5.21. The maximum atomic E-state index is 12.3. The molecule has 3 N–H and O–H groups in total. The largest absolute Gasteiger partial charge is 0.337 e. The lowest BCUT2D eigenvalue weighted by Gasteiger charge is -2.26. The van der Waals surface area contributed by atoms with Crippen LogP contribution in [0, 0.1) is 0 Å². The first kappa shape index (κ1) is 12.7. The van der Waals surface area contributed by atoms with Gasteiger partial charge in [0.1, 0.15) is 0 Å². The summed E-state index contributed by atoms with van der Waals surface area (Å²) in [6.07, 6.45) is 1.61. The molecule has 0 radical (unpaired) electrons. The lowest BCUT2D eigenvalue weighted by molar-refractivity contribution is 0.0773. The van der Waals surface area contributed by atoms with Crippen LogP contribution in [0.25, 0.3) is 0 Å². The summed E-state index contributed by atoms with van der Waals surface area (Å²) in [4.78, 5) is 18.2. The molecule has 1 aliphatic rings. The summed E-state index contributed by atoms with van der Waals surface area (Å²) < 4.78 is 0.770. The van der Waals surface area contributed by atoms with Gasteiger partial charge in [0.25, 0.3) is 5.91 Å². The fraction of sp³-hybridized carbons (Fsp3) is 0.400.